The normalized spacial score (nSPS) is 9.93. The molecule has 1 rings (SSSR count). The van der Waals surface area contributed by atoms with E-state index in [1.54, 1.807) is 0 Å². The molecule has 0 aliphatic carbocycles. The zero-order chi connectivity index (χ0) is 11.3. The van der Waals surface area contributed by atoms with Crippen LogP contribution in [0.5, 0.6) is 11.5 Å². The molecule has 4 heteroatoms. The molecule has 0 saturated heterocycles. The number of carboxylic acids is 1. The van der Waals surface area contributed by atoms with Crippen molar-refractivity contribution in [3.05, 3.63) is 23.8 Å². The Morgan fingerprint density at radius 3 is 2.80 bits per heavy atom. The van der Waals surface area contributed by atoms with Crippen LogP contribution in [0.25, 0.3) is 0 Å². The molecule has 0 amide bonds. The summed E-state index contributed by atoms with van der Waals surface area (Å²) in [4.78, 5) is 10.8. The second-order valence-electron chi connectivity index (χ2n) is 3.19. The molecule has 0 aliphatic heterocycles. The summed E-state index contributed by atoms with van der Waals surface area (Å²) in [7, 11) is 0. The summed E-state index contributed by atoms with van der Waals surface area (Å²) in [5.74, 6) is -0.874. The summed E-state index contributed by atoms with van der Waals surface area (Å²) in [6, 6.07) is 4.06. The smallest absolute Gasteiger partial charge is 0.339 e. The molecule has 0 spiro atoms. The number of rotatable bonds is 5. The van der Waals surface area contributed by atoms with Gasteiger partial charge < -0.3 is 14.9 Å². The van der Waals surface area contributed by atoms with Gasteiger partial charge in [-0.2, -0.15) is 0 Å². The molecule has 0 aromatic heterocycles. The fourth-order valence-electron chi connectivity index (χ4n) is 1.14. The number of carboxylic acid groups (broad SMARTS) is 1. The lowest BCUT2D eigenvalue weighted by Gasteiger charge is -2.08. The summed E-state index contributed by atoms with van der Waals surface area (Å²) in [5.41, 5.74) is -0.00824. The van der Waals surface area contributed by atoms with E-state index >= 15 is 0 Å². The third-order valence-corrected chi connectivity index (χ3v) is 1.95. The molecular weight excluding hydrogens is 196 g/mol. The van der Waals surface area contributed by atoms with Crippen molar-refractivity contribution in [2.75, 3.05) is 6.61 Å². The second kappa shape index (κ2) is 5.24. The first-order valence-corrected chi connectivity index (χ1v) is 4.84. The molecule has 0 atom stereocenters. The Labute approximate surface area is 88.1 Å². The van der Waals surface area contributed by atoms with Gasteiger partial charge in [0.25, 0.3) is 0 Å². The van der Waals surface area contributed by atoms with Gasteiger partial charge in [0.15, 0.2) is 0 Å². The first-order chi connectivity index (χ1) is 7.15. The molecule has 0 unspecified atom stereocenters. The largest absolute Gasteiger partial charge is 0.508 e. The van der Waals surface area contributed by atoms with Gasteiger partial charge in [0.2, 0.25) is 0 Å². The monoisotopic (exact) mass is 210 g/mol. The van der Waals surface area contributed by atoms with Crippen molar-refractivity contribution in [3.63, 3.8) is 0 Å². The number of ether oxygens (including phenoxy) is 1. The van der Waals surface area contributed by atoms with E-state index in [9.17, 15) is 4.79 Å². The van der Waals surface area contributed by atoms with Crippen LogP contribution >= 0.6 is 0 Å². The number of aromatic hydroxyl groups is 1. The number of hydrogen-bond acceptors (Lipinski definition) is 3. The van der Waals surface area contributed by atoms with Crippen LogP contribution in [0, 0.1) is 0 Å². The van der Waals surface area contributed by atoms with Crippen molar-refractivity contribution in [2.24, 2.45) is 0 Å². The highest BCUT2D eigenvalue weighted by Gasteiger charge is 2.11. The van der Waals surface area contributed by atoms with E-state index in [1.807, 2.05) is 6.92 Å². The van der Waals surface area contributed by atoms with Gasteiger partial charge in [-0.05, 0) is 24.6 Å². The SMILES string of the molecule is CCCCOc1ccc(O)cc1C(=O)O. The fourth-order valence-corrected chi connectivity index (χ4v) is 1.14. The van der Waals surface area contributed by atoms with Crippen LogP contribution in [-0.4, -0.2) is 22.8 Å². The molecular formula is C11H14O4. The molecule has 82 valence electrons. The van der Waals surface area contributed by atoms with Crippen LogP contribution in [-0.2, 0) is 0 Å². The van der Waals surface area contributed by atoms with Crippen molar-refractivity contribution in [1.82, 2.24) is 0 Å². The lowest BCUT2D eigenvalue weighted by atomic mass is 10.2. The van der Waals surface area contributed by atoms with Gasteiger partial charge in [0.1, 0.15) is 17.1 Å². The van der Waals surface area contributed by atoms with Gasteiger partial charge in [0.05, 0.1) is 6.61 Å². The van der Waals surface area contributed by atoms with Gasteiger partial charge in [-0.3, -0.25) is 0 Å². The summed E-state index contributed by atoms with van der Waals surface area (Å²) >= 11 is 0. The van der Waals surface area contributed by atoms with Crippen LogP contribution in [0.4, 0.5) is 0 Å². The summed E-state index contributed by atoms with van der Waals surface area (Å²) in [6.07, 6.45) is 1.86. The lowest BCUT2D eigenvalue weighted by Crippen LogP contribution is -2.04. The van der Waals surface area contributed by atoms with Crippen molar-refractivity contribution in [2.45, 2.75) is 19.8 Å². The molecule has 1 aromatic carbocycles. The predicted octanol–water partition coefficient (Wildman–Crippen LogP) is 2.27. The Morgan fingerprint density at radius 2 is 2.20 bits per heavy atom. The quantitative estimate of drug-likeness (QED) is 0.731. The number of aromatic carboxylic acids is 1. The Hall–Kier alpha value is -1.71. The van der Waals surface area contributed by atoms with Gasteiger partial charge in [-0.1, -0.05) is 13.3 Å². The van der Waals surface area contributed by atoms with Crippen LogP contribution in [0.1, 0.15) is 30.1 Å². The van der Waals surface area contributed by atoms with Gasteiger partial charge in [-0.25, -0.2) is 4.79 Å². The minimum atomic E-state index is -1.10. The maximum atomic E-state index is 10.8. The topological polar surface area (TPSA) is 66.8 Å². The highest BCUT2D eigenvalue weighted by molar-refractivity contribution is 5.91. The summed E-state index contributed by atoms with van der Waals surface area (Å²) < 4.78 is 5.30. The van der Waals surface area contributed by atoms with Crippen molar-refractivity contribution < 1.29 is 19.7 Å². The van der Waals surface area contributed by atoms with Crippen LogP contribution in [0.2, 0.25) is 0 Å². The zero-order valence-corrected chi connectivity index (χ0v) is 8.56. The van der Waals surface area contributed by atoms with E-state index in [4.69, 9.17) is 14.9 Å². The molecule has 1 aromatic rings. The predicted molar refractivity (Wildman–Crippen MR) is 55.5 cm³/mol. The molecule has 4 nitrogen and oxygen atoms in total. The third-order valence-electron chi connectivity index (χ3n) is 1.95. The molecule has 0 heterocycles. The molecule has 15 heavy (non-hydrogen) atoms. The van der Waals surface area contributed by atoms with Crippen LogP contribution < -0.4 is 4.74 Å². The van der Waals surface area contributed by atoms with Crippen LogP contribution in [0.3, 0.4) is 0 Å². The molecule has 2 N–H and O–H groups in total. The number of carbonyl (C=O) groups is 1. The molecule has 0 fully saturated rings. The van der Waals surface area contributed by atoms with Crippen LogP contribution in [0.15, 0.2) is 18.2 Å². The van der Waals surface area contributed by atoms with Gasteiger partial charge in [-0.15, -0.1) is 0 Å². The fraction of sp³-hybridized carbons (Fsp3) is 0.364. The van der Waals surface area contributed by atoms with E-state index < -0.39 is 5.97 Å². The maximum absolute atomic E-state index is 10.8. The average Bonchev–Trinajstić information content (AvgIpc) is 2.20. The standard InChI is InChI=1S/C11H14O4/c1-2-3-6-15-10-5-4-8(12)7-9(10)11(13)14/h4-5,7,12H,2-3,6H2,1H3,(H,13,14). The summed E-state index contributed by atoms with van der Waals surface area (Å²) in [5, 5.41) is 18.0. The Bertz CT molecular complexity index is 346. The number of unbranched alkanes of at least 4 members (excludes halogenated alkanes) is 1. The Morgan fingerprint density at radius 1 is 1.47 bits per heavy atom. The minimum absolute atomic E-state index is 0.00824. The highest BCUT2D eigenvalue weighted by atomic mass is 16.5. The van der Waals surface area contributed by atoms with Crippen molar-refractivity contribution >= 4 is 5.97 Å². The number of phenols is 1. The molecule has 0 radical (unpaired) electrons. The second-order valence-corrected chi connectivity index (χ2v) is 3.19. The van der Waals surface area contributed by atoms with E-state index in [0.29, 0.717) is 12.4 Å². The summed E-state index contributed by atoms with van der Waals surface area (Å²) in [6.45, 7) is 2.51. The van der Waals surface area contributed by atoms with E-state index in [0.717, 1.165) is 12.8 Å². The number of phenolic OH excluding ortho intramolecular Hbond substituents is 1. The lowest BCUT2D eigenvalue weighted by molar-refractivity contribution is 0.0691. The first-order valence-electron chi connectivity index (χ1n) is 4.84. The molecule has 0 saturated carbocycles. The highest BCUT2D eigenvalue weighted by Crippen LogP contribution is 2.23. The minimum Gasteiger partial charge on any atom is -0.508 e. The van der Waals surface area contributed by atoms with Gasteiger partial charge >= 0.3 is 5.97 Å². The number of benzene rings is 1. The van der Waals surface area contributed by atoms with Crippen molar-refractivity contribution in [1.29, 1.82) is 0 Å². The van der Waals surface area contributed by atoms with E-state index in [2.05, 4.69) is 0 Å². The molecule has 0 bridgehead atoms. The van der Waals surface area contributed by atoms with Gasteiger partial charge in [0, 0.05) is 0 Å². The van der Waals surface area contributed by atoms with E-state index in [-0.39, 0.29) is 11.3 Å². The van der Waals surface area contributed by atoms with E-state index in [1.165, 1.54) is 18.2 Å². The molecule has 0 aliphatic rings. The maximum Gasteiger partial charge on any atom is 0.339 e. The third kappa shape index (κ3) is 3.16. The Kier molecular flexibility index (Phi) is 3.97. The van der Waals surface area contributed by atoms with Crippen molar-refractivity contribution in [3.8, 4) is 11.5 Å². The Balaban J connectivity index is 2.81. The number of hydrogen-bond donors (Lipinski definition) is 2. The average molecular weight is 210 g/mol. The zero-order valence-electron chi connectivity index (χ0n) is 8.56. The first kappa shape index (κ1) is 11.4.